The minimum Gasteiger partial charge on any atom is -0.497 e. The molecule has 1 aromatic carbocycles. The summed E-state index contributed by atoms with van der Waals surface area (Å²) in [6.07, 6.45) is 0.727. The Balaban J connectivity index is 1.73. The molecule has 2 heterocycles. The van der Waals surface area contributed by atoms with Gasteiger partial charge in [-0.3, -0.25) is 4.90 Å². The molecule has 3 rings (SSSR count). The van der Waals surface area contributed by atoms with Crippen LogP contribution in [0.2, 0.25) is 0 Å². The normalized spacial score (nSPS) is 17.8. The largest absolute Gasteiger partial charge is 0.497 e. The second-order valence-corrected chi connectivity index (χ2v) is 6.88. The van der Waals surface area contributed by atoms with Crippen molar-refractivity contribution in [1.29, 1.82) is 0 Å². The van der Waals surface area contributed by atoms with Gasteiger partial charge in [-0.2, -0.15) is 4.98 Å². The Bertz CT molecular complexity index is 755. The average molecular weight is 371 g/mol. The van der Waals surface area contributed by atoms with Gasteiger partial charge in [-0.1, -0.05) is 12.1 Å². The van der Waals surface area contributed by atoms with Crippen LogP contribution in [0.4, 0.5) is 11.8 Å². The number of aromatic nitrogens is 2. The highest BCUT2D eigenvalue weighted by molar-refractivity contribution is 5.43. The van der Waals surface area contributed by atoms with Gasteiger partial charge in [-0.05, 0) is 31.0 Å². The number of aliphatic hydroxyl groups excluding tert-OH is 1. The summed E-state index contributed by atoms with van der Waals surface area (Å²) in [7, 11) is 3.56. The molecule has 0 radical (unpaired) electrons. The number of nitrogens with zero attached hydrogens (tertiary/aromatic N) is 4. The van der Waals surface area contributed by atoms with Gasteiger partial charge >= 0.3 is 0 Å². The predicted molar refractivity (Wildman–Crippen MR) is 107 cm³/mol. The van der Waals surface area contributed by atoms with Crippen molar-refractivity contribution in [2.45, 2.75) is 25.9 Å². The van der Waals surface area contributed by atoms with E-state index in [1.54, 1.807) is 7.11 Å². The molecule has 7 nitrogen and oxygen atoms in total. The fourth-order valence-corrected chi connectivity index (χ4v) is 3.53. The van der Waals surface area contributed by atoms with Crippen LogP contribution in [0.3, 0.4) is 0 Å². The maximum absolute atomic E-state index is 9.56. The molecule has 27 heavy (non-hydrogen) atoms. The lowest BCUT2D eigenvalue weighted by Gasteiger charge is -2.41. The van der Waals surface area contributed by atoms with Crippen LogP contribution in [-0.2, 0) is 6.54 Å². The number of methoxy groups -OCH3 is 1. The molecule has 2 N–H and O–H groups in total. The molecule has 1 aliphatic heterocycles. The Labute approximate surface area is 161 Å². The zero-order valence-electron chi connectivity index (χ0n) is 16.4. The topological polar surface area (TPSA) is 73.8 Å². The summed E-state index contributed by atoms with van der Waals surface area (Å²) in [6, 6.07) is 10.4. The monoisotopic (exact) mass is 371 g/mol. The minimum absolute atomic E-state index is 0.170. The highest BCUT2D eigenvalue weighted by Gasteiger charge is 2.28. The number of benzene rings is 1. The van der Waals surface area contributed by atoms with Crippen LogP contribution in [0, 0.1) is 6.92 Å². The van der Waals surface area contributed by atoms with E-state index in [9.17, 15) is 5.11 Å². The number of hydrogen-bond acceptors (Lipinski definition) is 7. The van der Waals surface area contributed by atoms with Crippen LogP contribution < -0.4 is 15.0 Å². The lowest BCUT2D eigenvalue weighted by molar-refractivity contribution is 0.135. The van der Waals surface area contributed by atoms with Crippen molar-refractivity contribution in [3.05, 3.63) is 41.6 Å². The van der Waals surface area contributed by atoms with Crippen molar-refractivity contribution < 1.29 is 9.84 Å². The van der Waals surface area contributed by atoms with E-state index in [4.69, 9.17) is 4.74 Å². The smallest absolute Gasteiger partial charge is 0.227 e. The maximum Gasteiger partial charge on any atom is 0.227 e. The Kier molecular flexibility index (Phi) is 6.47. The van der Waals surface area contributed by atoms with E-state index < -0.39 is 0 Å². The first-order chi connectivity index (χ1) is 13.1. The molecule has 0 bridgehead atoms. The summed E-state index contributed by atoms with van der Waals surface area (Å²) < 4.78 is 5.34. The molecular formula is C20H29N5O2. The predicted octanol–water partition coefficient (Wildman–Crippen LogP) is 1.91. The SMILES string of the molecule is CNc1cc(C)nc(N2CCN(Cc3cccc(OC)c3)[C@@H](CCO)C2)n1. The molecule has 0 amide bonds. The summed E-state index contributed by atoms with van der Waals surface area (Å²) in [5.74, 6) is 2.45. The molecule has 146 valence electrons. The van der Waals surface area contributed by atoms with Crippen molar-refractivity contribution in [2.75, 3.05) is 50.6 Å². The number of piperazine rings is 1. The Hall–Kier alpha value is -2.38. The van der Waals surface area contributed by atoms with Crippen molar-refractivity contribution in [2.24, 2.45) is 0 Å². The highest BCUT2D eigenvalue weighted by atomic mass is 16.5. The summed E-state index contributed by atoms with van der Waals surface area (Å²) >= 11 is 0. The van der Waals surface area contributed by atoms with Crippen LogP contribution in [0.25, 0.3) is 0 Å². The van der Waals surface area contributed by atoms with E-state index in [-0.39, 0.29) is 12.6 Å². The van der Waals surface area contributed by atoms with Crippen molar-refractivity contribution >= 4 is 11.8 Å². The first-order valence-electron chi connectivity index (χ1n) is 9.39. The number of ether oxygens (including phenoxy) is 1. The average Bonchev–Trinajstić information content (AvgIpc) is 2.69. The number of aliphatic hydroxyl groups is 1. The van der Waals surface area contributed by atoms with Gasteiger partial charge in [0.2, 0.25) is 5.95 Å². The molecule has 2 aromatic rings. The van der Waals surface area contributed by atoms with Crippen LogP contribution >= 0.6 is 0 Å². The third-order valence-corrected chi connectivity index (χ3v) is 4.97. The van der Waals surface area contributed by atoms with Crippen LogP contribution in [0.1, 0.15) is 17.7 Å². The maximum atomic E-state index is 9.56. The number of hydrogen-bond donors (Lipinski definition) is 2. The fourth-order valence-electron chi connectivity index (χ4n) is 3.53. The van der Waals surface area contributed by atoms with Gasteiger partial charge in [-0.15, -0.1) is 0 Å². The highest BCUT2D eigenvalue weighted by Crippen LogP contribution is 2.22. The molecule has 1 saturated heterocycles. The van der Waals surface area contributed by atoms with Gasteiger partial charge < -0.3 is 20.1 Å². The van der Waals surface area contributed by atoms with E-state index in [0.29, 0.717) is 0 Å². The van der Waals surface area contributed by atoms with Gasteiger partial charge in [0.25, 0.3) is 0 Å². The Morgan fingerprint density at radius 3 is 2.85 bits per heavy atom. The van der Waals surface area contributed by atoms with E-state index in [1.165, 1.54) is 5.56 Å². The first kappa shape index (κ1) is 19.4. The molecule has 0 spiro atoms. The first-order valence-corrected chi connectivity index (χ1v) is 9.39. The van der Waals surface area contributed by atoms with Crippen molar-refractivity contribution in [1.82, 2.24) is 14.9 Å². The van der Waals surface area contributed by atoms with Crippen molar-refractivity contribution in [3.8, 4) is 5.75 Å². The molecular weight excluding hydrogens is 342 g/mol. The minimum atomic E-state index is 0.170. The summed E-state index contributed by atoms with van der Waals surface area (Å²) in [5, 5.41) is 12.7. The summed E-state index contributed by atoms with van der Waals surface area (Å²) in [5.41, 5.74) is 2.16. The number of anilines is 2. The van der Waals surface area contributed by atoms with Crippen molar-refractivity contribution in [3.63, 3.8) is 0 Å². The van der Waals surface area contributed by atoms with E-state index in [2.05, 4.69) is 37.2 Å². The summed E-state index contributed by atoms with van der Waals surface area (Å²) in [6.45, 7) is 5.55. The second-order valence-electron chi connectivity index (χ2n) is 6.88. The molecule has 7 heteroatoms. The second kappa shape index (κ2) is 9.01. The van der Waals surface area contributed by atoms with Crippen LogP contribution in [0.15, 0.2) is 30.3 Å². The lowest BCUT2D eigenvalue weighted by atomic mass is 10.1. The number of nitrogens with one attached hydrogen (secondary N) is 1. The third kappa shape index (κ3) is 4.87. The molecule has 1 aromatic heterocycles. The Morgan fingerprint density at radius 1 is 1.26 bits per heavy atom. The van der Waals surface area contributed by atoms with Gasteiger partial charge in [0, 0.05) is 57.6 Å². The molecule has 1 aliphatic rings. The quantitative estimate of drug-likeness (QED) is 0.770. The number of aryl methyl sites for hydroxylation is 1. The van der Waals surface area contributed by atoms with Crippen LogP contribution in [-0.4, -0.2) is 66.4 Å². The zero-order valence-corrected chi connectivity index (χ0v) is 16.4. The fraction of sp³-hybridized carbons (Fsp3) is 0.500. The summed E-state index contributed by atoms with van der Waals surface area (Å²) in [4.78, 5) is 13.9. The zero-order chi connectivity index (χ0) is 19.2. The van der Waals surface area contributed by atoms with E-state index >= 15 is 0 Å². The Morgan fingerprint density at radius 2 is 2.11 bits per heavy atom. The molecule has 1 fully saturated rings. The molecule has 0 aliphatic carbocycles. The third-order valence-electron chi connectivity index (χ3n) is 4.97. The molecule has 0 unspecified atom stereocenters. The molecule has 0 saturated carbocycles. The van der Waals surface area contributed by atoms with E-state index in [1.807, 2.05) is 32.2 Å². The van der Waals surface area contributed by atoms with Gasteiger partial charge in [0.1, 0.15) is 11.6 Å². The lowest BCUT2D eigenvalue weighted by Crippen LogP contribution is -2.53. The van der Waals surface area contributed by atoms with Crippen LogP contribution in [0.5, 0.6) is 5.75 Å². The van der Waals surface area contributed by atoms with E-state index in [0.717, 1.165) is 55.8 Å². The van der Waals surface area contributed by atoms with Gasteiger partial charge in [0.15, 0.2) is 0 Å². The van der Waals surface area contributed by atoms with Gasteiger partial charge in [0.05, 0.1) is 7.11 Å². The number of rotatable bonds is 7. The standard InChI is InChI=1S/C20H29N5O2/c1-15-11-19(21-2)23-20(22-15)25-9-8-24(17(14-25)7-10-26)13-16-5-4-6-18(12-16)27-3/h4-6,11-12,17,26H,7-10,13-14H2,1-3H3,(H,21,22,23)/t17-/m0/s1. The van der Waals surface area contributed by atoms with Gasteiger partial charge in [-0.25, -0.2) is 4.98 Å². The molecule has 1 atom stereocenters.